The first-order chi connectivity index (χ1) is 10.3. The van der Waals surface area contributed by atoms with Crippen molar-refractivity contribution in [1.82, 2.24) is 9.88 Å². The quantitative estimate of drug-likeness (QED) is 0.909. The van der Waals surface area contributed by atoms with Crippen LogP contribution >= 0.6 is 0 Å². The molecule has 1 aliphatic rings. The molecule has 1 N–H and O–H groups in total. The number of amides is 2. The number of aromatic nitrogens is 1. The van der Waals surface area contributed by atoms with Gasteiger partial charge in [-0.2, -0.15) is 0 Å². The molecule has 1 atom stereocenters. The van der Waals surface area contributed by atoms with E-state index in [9.17, 15) is 4.79 Å². The molecule has 3 rings (SSSR count). The Kier molecular flexibility index (Phi) is 4.15. The number of piperidine rings is 1. The van der Waals surface area contributed by atoms with E-state index in [2.05, 4.69) is 10.3 Å². The number of anilines is 1. The topological polar surface area (TPSA) is 45.2 Å². The van der Waals surface area contributed by atoms with Gasteiger partial charge in [-0.3, -0.25) is 4.98 Å². The summed E-state index contributed by atoms with van der Waals surface area (Å²) in [5.74, 6) is 0. The predicted octanol–water partition coefficient (Wildman–Crippen LogP) is 3.84. The first-order valence-corrected chi connectivity index (χ1v) is 7.37. The molecular formula is C17H19N3O. The monoisotopic (exact) mass is 281 g/mol. The predicted molar refractivity (Wildman–Crippen MR) is 83.0 cm³/mol. The Labute approximate surface area is 124 Å². The molecule has 1 saturated heterocycles. The molecule has 108 valence electrons. The van der Waals surface area contributed by atoms with Crippen molar-refractivity contribution in [2.75, 3.05) is 11.9 Å². The molecule has 0 radical (unpaired) electrons. The van der Waals surface area contributed by atoms with Crippen LogP contribution < -0.4 is 5.32 Å². The summed E-state index contributed by atoms with van der Waals surface area (Å²) in [6.07, 6.45) is 6.82. The molecule has 0 saturated carbocycles. The van der Waals surface area contributed by atoms with Gasteiger partial charge in [0.2, 0.25) is 0 Å². The van der Waals surface area contributed by atoms with Gasteiger partial charge >= 0.3 is 6.03 Å². The first kappa shape index (κ1) is 13.6. The Morgan fingerprint density at radius 1 is 1.14 bits per heavy atom. The lowest BCUT2D eigenvalue weighted by Gasteiger charge is -2.35. The van der Waals surface area contributed by atoms with Gasteiger partial charge in [-0.25, -0.2) is 4.79 Å². The van der Waals surface area contributed by atoms with E-state index < -0.39 is 0 Å². The zero-order valence-corrected chi connectivity index (χ0v) is 11.9. The maximum atomic E-state index is 12.5. The largest absolute Gasteiger partial charge is 0.322 e. The molecule has 0 aliphatic carbocycles. The van der Waals surface area contributed by atoms with E-state index in [4.69, 9.17) is 0 Å². The molecule has 4 nitrogen and oxygen atoms in total. The second kappa shape index (κ2) is 6.39. The fourth-order valence-electron chi connectivity index (χ4n) is 2.81. The highest BCUT2D eigenvalue weighted by Crippen LogP contribution is 2.30. The van der Waals surface area contributed by atoms with Gasteiger partial charge < -0.3 is 10.2 Å². The average Bonchev–Trinajstić information content (AvgIpc) is 2.56. The molecule has 1 aliphatic heterocycles. The van der Waals surface area contributed by atoms with Crippen LogP contribution in [0.1, 0.15) is 30.9 Å². The average molecular weight is 281 g/mol. The van der Waals surface area contributed by atoms with E-state index in [1.807, 2.05) is 53.6 Å². The number of carbonyl (C=O) groups excluding carboxylic acids is 1. The van der Waals surface area contributed by atoms with Crippen LogP contribution in [-0.4, -0.2) is 22.5 Å². The number of nitrogens with one attached hydrogen (secondary N) is 1. The SMILES string of the molecule is O=C(Nc1ccccc1)N1CCCC[C@H]1c1cccnc1. The fourth-order valence-corrected chi connectivity index (χ4v) is 2.81. The maximum absolute atomic E-state index is 12.5. The van der Waals surface area contributed by atoms with Crippen molar-refractivity contribution >= 4 is 11.7 Å². The highest BCUT2D eigenvalue weighted by molar-refractivity contribution is 5.89. The molecule has 0 spiro atoms. The molecule has 4 heteroatoms. The van der Waals surface area contributed by atoms with Crippen molar-refractivity contribution in [2.24, 2.45) is 0 Å². The van der Waals surface area contributed by atoms with Gasteiger partial charge in [0.05, 0.1) is 6.04 Å². The van der Waals surface area contributed by atoms with Crippen LogP contribution in [-0.2, 0) is 0 Å². The fraction of sp³-hybridized carbons (Fsp3) is 0.294. The Morgan fingerprint density at radius 3 is 2.76 bits per heavy atom. The van der Waals surface area contributed by atoms with Gasteiger partial charge in [-0.1, -0.05) is 24.3 Å². The summed E-state index contributed by atoms with van der Waals surface area (Å²) >= 11 is 0. The number of para-hydroxylation sites is 1. The maximum Gasteiger partial charge on any atom is 0.322 e. The van der Waals surface area contributed by atoms with E-state index in [1.54, 1.807) is 6.20 Å². The number of nitrogens with zero attached hydrogens (tertiary/aromatic N) is 2. The summed E-state index contributed by atoms with van der Waals surface area (Å²) in [5, 5.41) is 2.98. The Balaban J connectivity index is 1.76. The Bertz CT molecular complexity index is 585. The lowest BCUT2D eigenvalue weighted by atomic mass is 9.97. The molecule has 2 amide bonds. The summed E-state index contributed by atoms with van der Waals surface area (Å²) in [6, 6.07) is 13.7. The van der Waals surface area contributed by atoms with Crippen LogP contribution in [0.5, 0.6) is 0 Å². The molecule has 21 heavy (non-hydrogen) atoms. The van der Waals surface area contributed by atoms with Crippen LogP contribution in [0, 0.1) is 0 Å². The zero-order chi connectivity index (χ0) is 14.5. The highest BCUT2D eigenvalue weighted by atomic mass is 16.2. The minimum Gasteiger partial charge on any atom is -0.317 e. The number of carbonyl (C=O) groups is 1. The molecule has 1 fully saturated rings. The van der Waals surface area contributed by atoms with E-state index in [1.165, 1.54) is 0 Å². The van der Waals surface area contributed by atoms with Crippen LogP contribution in [0.2, 0.25) is 0 Å². The van der Waals surface area contributed by atoms with E-state index in [0.29, 0.717) is 0 Å². The highest BCUT2D eigenvalue weighted by Gasteiger charge is 2.28. The standard InChI is InChI=1S/C17H19N3O/c21-17(19-15-8-2-1-3-9-15)20-12-5-4-10-16(20)14-7-6-11-18-13-14/h1-3,6-9,11,13,16H,4-5,10,12H2,(H,19,21)/t16-/m0/s1. The van der Waals surface area contributed by atoms with Gasteiger partial charge in [-0.15, -0.1) is 0 Å². The molecule has 0 unspecified atom stereocenters. The number of likely N-dealkylation sites (tertiary alicyclic amines) is 1. The van der Waals surface area contributed by atoms with Crippen LogP contribution in [0.15, 0.2) is 54.9 Å². The number of hydrogen-bond donors (Lipinski definition) is 1. The third-order valence-corrected chi connectivity index (χ3v) is 3.86. The molecule has 1 aromatic carbocycles. The number of hydrogen-bond acceptors (Lipinski definition) is 2. The van der Waals surface area contributed by atoms with Crippen LogP contribution in [0.25, 0.3) is 0 Å². The minimum atomic E-state index is -0.0326. The number of rotatable bonds is 2. The van der Waals surface area contributed by atoms with E-state index in [-0.39, 0.29) is 12.1 Å². The normalized spacial score (nSPS) is 18.3. The smallest absolute Gasteiger partial charge is 0.317 e. The molecule has 0 bridgehead atoms. The van der Waals surface area contributed by atoms with Crippen LogP contribution in [0.3, 0.4) is 0 Å². The third-order valence-electron chi connectivity index (χ3n) is 3.86. The van der Waals surface area contributed by atoms with Crippen molar-refractivity contribution < 1.29 is 4.79 Å². The number of benzene rings is 1. The number of pyridine rings is 1. The first-order valence-electron chi connectivity index (χ1n) is 7.37. The van der Waals surface area contributed by atoms with Crippen molar-refractivity contribution in [3.8, 4) is 0 Å². The van der Waals surface area contributed by atoms with Gasteiger partial charge in [0, 0.05) is 24.6 Å². The lowest BCUT2D eigenvalue weighted by Crippen LogP contribution is -2.41. The van der Waals surface area contributed by atoms with Crippen molar-refractivity contribution in [2.45, 2.75) is 25.3 Å². The summed E-state index contributed by atoms with van der Waals surface area (Å²) in [5.41, 5.74) is 1.94. The minimum absolute atomic E-state index is 0.0326. The third kappa shape index (κ3) is 3.21. The van der Waals surface area contributed by atoms with Gasteiger partial charge in [0.15, 0.2) is 0 Å². The second-order valence-electron chi connectivity index (χ2n) is 5.29. The van der Waals surface area contributed by atoms with Crippen molar-refractivity contribution in [3.05, 3.63) is 60.4 Å². The van der Waals surface area contributed by atoms with Crippen molar-refractivity contribution in [1.29, 1.82) is 0 Å². The molecular weight excluding hydrogens is 262 g/mol. The van der Waals surface area contributed by atoms with Crippen molar-refractivity contribution in [3.63, 3.8) is 0 Å². The van der Waals surface area contributed by atoms with E-state index >= 15 is 0 Å². The Morgan fingerprint density at radius 2 is 2.00 bits per heavy atom. The summed E-state index contributed by atoms with van der Waals surface area (Å²) < 4.78 is 0. The molecule has 1 aromatic heterocycles. The summed E-state index contributed by atoms with van der Waals surface area (Å²) in [4.78, 5) is 18.6. The lowest BCUT2D eigenvalue weighted by molar-refractivity contribution is 0.163. The summed E-state index contributed by atoms with van der Waals surface area (Å²) in [7, 11) is 0. The molecule has 2 aromatic rings. The van der Waals surface area contributed by atoms with E-state index in [0.717, 1.165) is 37.1 Å². The zero-order valence-electron chi connectivity index (χ0n) is 11.9. The molecule has 2 heterocycles. The van der Waals surface area contributed by atoms with Crippen LogP contribution in [0.4, 0.5) is 10.5 Å². The van der Waals surface area contributed by atoms with Gasteiger partial charge in [0.25, 0.3) is 0 Å². The van der Waals surface area contributed by atoms with Gasteiger partial charge in [-0.05, 0) is 43.0 Å². The number of urea groups is 1. The summed E-state index contributed by atoms with van der Waals surface area (Å²) in [6.45, 7) is 0.790. The van der Waals surface area contributed by atoms with Gasteiger partial charge in [0.1, 0.15) is 0 Å². The Hall–Kier alpha value is -2.36. The second-order valence-corrected chi connectivity index (χ2v) is 5.29.